The second-order valence-corrected chi connectivity index (χ2v) is 7.69. The summed E-state index contributed by atoms with van der Waals surface area (Å²) in [7, 11) is -3.86. The van der Waals surface area contributed by atoms with Crippen LogP contribution >= 0.6 is 0 Å². The van der Waals surface area contributed by atoms with Gasteiger partial charge in [0.25, 0.3) is 0 Å². The molecule has 0 spiro atoms. The van der Waals surface area contributed by atoms with E-state index in [1.54, 1.807) is 0 Å². The first-order valence-electron chi connectivity index (χ1n) is 8.27. The molecule has 0 aliphatic heterocycles. The Bertz CT molecular complexity index is 707. The number of nitrogens with one attached hydrogen (secondary N) is 1. The number of hydrogen-bond donors (Lipinski definition) is 1. The van der Waals surface area contributed by atoms with Crippen molar-refractivity contribution in [3.63, 3.8) is 0 Å². The molecular weight excluding hydrogens is 340 g/mol. The highest BCUT2D eigenvalue weighted by molar-refractivity contribution is 7.89. The Labute approximate surface area is 150 Å². The molecule has 7 heteroatoms. The van der Waals surface area contributed by atoms with E-state index >= 15 is 0 Å². The van der Waals surface area contributed by atoms with Gasteiger partial charge >= 0.3 is 0 Å². The number of nitrogens with zero attached hydrogens (tertiary/aromatic N) is 1. The maximum Gasteiger partial charge on any atom is 0.243 e. The minimum Gasteiger partial charge on any atom is -0.352 e. The van der Waals surface area contributed by atoms with Gasteiger partial charge in [-0.25, -0.2) is 8.42 Å². The van der Waals surface area contributed by atoms with E-state index in [0.717, 1.165) is 17.1 Å². The molecule has 0 saturated heterocycles. The molecule has 0 heterocycles. The van der Waals surface area contributed by atoms with Crippen molar-refractivity contribution in [2.75, 3.05) is 13.1 Å². The van der Waals surface area contributed by atoms with Crippen molar-refractivity contribution in [2.45, 2.75) is 44.6 Å². The van der Waals surface area contributed by atoms with Crippen molar-refractivity contribution >= 4 is 21.7 Å². The standard InChI is InChI=1S/C18H26N2O4S/c1-5-12-20(13-18(22)19-16(6-2)7-3)25(23,24)17-10-8-15(9-11-17)14(4)21/h5,8-11,16H,1,6-7,12-13H2,2-4H3,(H,19,22). The highest BCUT2D eigenvalue weighted by Crippen LogP contribution is 2.17. The number of hydrogen-bond acceptors (Lipinski definition) is 4. The third-order valence-electron chi connectivity index (χ3n) is 3.90. The van der Waals surface area contributed by atoms with Gasteiger partial charge in [0.15, 0.2) is 5.78 Å². The van der Waals surface area contributed by atoms with Crippen LogP contribution in [-0.4, -0.2) is 43.5 Å². The van der Waals surface area contributed by atoms with Gasteiger partial charge in [-0.2, -0.15) is 4.31 Å². The monoisotopic (exact) mass is 366 g/mol. The van der Waals surface area contributed by atoms with Gasteiger partial charge in [-0.15, -0.1) is 6.58 Å². The molecule has 6 nitrogen and oxygen atoms in total. The van der Waals surface area contributed by atoms with Gasteiger partial charge in [0.2, 0.25) is 15.9 Å². The minimum atomic E-state index is -3.86. The van der Waals surface area contributed by atoms with Crippen molar-refractivity contribution in [1.82, 2.24) is 9.62 Å². The van der Waals surface area contributed by atoms with Gasteiger partial charge in [0.1, 0.15) is 0 Å². The number of rotatable bonds is 10. The Morgan fingerprint density at radius 1 is 1.20 bits per heavy atom. The molecule has 1 N–H and O–H groups in total. The number of ketones is 1. The maximum absolute atomic E-state index is 12.8. The van der Waals surface area contributed by atoms with Crippen molar-refractivity contribution in [2.24, 2.45) is 0 Å². The van der Waals surface area contributed by atoms with Crippen LogP contribution in [-0.2, 0) is 14.8 Å². The summed E-state index contributed by atoms with van der Waals surface area (Å²) in [5, 5.41) is 2.83. The summed E-state index contributed by atoms with van der Waals surface area (Å²) in [4.78, 5) is 23.5. The van der Waals surface area contributed by atoms with Crippen LogP contribution in [0.4, 0.5) is 0 Å². The predicted molar refractivity (Wildman–Crippen MR) is 97.9 cm³/mol. The van der Waals surface area contributed by atoms with E-state index in [2.05, 4.69) is 11.9 Å². The second kappa shape index (κ2) is 9.48. The van der Waals surface area contributed by atoms with Gasteiger partial charge in [-0.05, 0) is 31.9 Å². The molecule has 1 rings (SSSR count). The third-order valence-corrected chi connectivity index (χ3v) is 5.73. The van der Waals surface area contributed by atoms with E-state index in [9.17, 15) is 18.0 Å². The molecule has 25 heavy (non-hydrogen) atoms. The molecule has 0 saturated carbocycles. The average Bonchev–Trinajstić information content (AvgIpc) is 2.59. The molecular formula is C18H26N2O4S. The Kier molecular flexibility index (Phi) is 7.99. The lowest BCUT2D eigenvalue weighted by molar-refractivity contribution is -0.122. The third kappa shape index (κ3) is 5.79. The first kappa shape index (κ1) is 21.1. The zero-order valence-corrected chi connectivity index (χ0v) is 15.8. The molecule has 0 bridgehead atoms. The van der Waals surface area contributed by atoms with Crippen molar-refractivity contribution in [3.8, 4) is 0 Å². The van der Waals surface area contributed by atoms with Gasteiger partial charge < -0.3 is 5.32 Å². The lowest BCUT2D eigenvalue weighted by atomic mass is 10.2. The lowest BCUT2D eigenvalue weighted by Crippen LogP contribution is -2.44. The van der Waals surface area contributed by atoms with E-state index in [1.807, 2.05) is 13.8 Å². The van der Waals surface area contributed by atoms with Crippen LogP contribution in [0.3, 0.4) is 0 Å². The molecule has 0 fully saturated rings. The molecule has 0 aliphatic rings. The van der Waals surface area contributed by atoms with Crippen molar-refractivity contribution in [3.05, 3.63) is 42.5 Å². The maximum atomic E-state index is 12.8. The highest BCUT2D eigenvalue weighted by atomic mass is 32.2. The number of sulfonamides is 1. The first-order chi connectivity index (χ1) is 11.8. The smallest absolute Gasteiger partial charge is 0.243 e. The number of Topliss-reactive ketones (excluding diaryl/α,β-unsaturated/α-hetero) is 1. The van der Waals surface area contributed by atoms with Crippen LogP contribution in [0.5, 0.6) is 0 Å². The second-order valence-electron chi connectivity index (χ2n) is 5.75. The zero-order chi connectivity index (χ0) is 19.0. The lowest BCUT2D eigenvalue weighted by Gasteiger charge is -2.22. The average molecular weight is 366 g/mol. The summed E-state index contributed by atoms with van der Waals surface area (Å²) in [6.07, 6.45) is 3.00. The first-order valence-corrected chi connectivity index (χ1v) is 9.71. The van der Waals surface area contributed by atoms with Crippen molar-refractivity contribution < 1.29 is 18.0 Å². The summed E-state index contributed by atoms with van der Waals surface area (Å²) in [6.45, 7) is 8.64. The van der Waals surface area contributed by atoms with E-state index in [0.29, 0.717) is 5.56 Å². The Hall–Kier alpha value is -1.99. The molecule has 1 aromatic rings. The van der Waals surface area contributed by atoms with Crippen LogP contribution in [0.1, 0.15) is 44.0 Å². The molecule has 1 aromatic carbocycles. The molecule has 1 amide bonds. The number of carbonyl (C=O) groups excluding carboxylic acids is 2. The summed E-state index contributed by atoms with van der Waals surface area (Å²) in [6, 6.07) is 5.70. The van der Waals surface area contributed by atoms with Crippen molar-refractivity contribution in [1.29, 1.82) is 0 Å². The number of carbonyl (C=O) groups is 2. The zero-order valence-electron chi connectivity index (χ0n) is 15.0. The van der Waals surface area contributed by atoms with Crippen LogP contribution in [0, 0.1) is 0 Å². The predicted octanol–water partition coefficient (Wildman–Crippen LogP) is 2.37. The normalized spacial score (nSPS) is 11.6. The Morgan fingerprint density at radius 3 is 2.20 bits per heavy atom. The van der Waals surface area contributed by atoms with E-state index in [1.165, 1.54) is 37.3 Å². The summed E-state index contributed by atoms with van der Waals surface area (Å²) < 4.78 is 26.6. The van der Waals surface area contributed by atoms with Gasteiger partial charge in [-0.3, -0.25) is 9.59 Å². The quantitative estimate of drug-likeness (QED) is 0.509. The molecule has 0 unspecified atom stereocenters. The largest absolute Gasteiger partial charge is 0.352 e. The molecule has 0 aliphatic carbocycles. The topological polar surface area (TPSA) is 83.6 Å². The van der Waals surface area contributed by atoms with E-state index in [-0.39, 0.29) is 35.7 Å². The van der Waals surface area contributed by atoms with Crippen LogP contribution < -0.4 is 5.32 Å². The Balaban J connectivity index is 3.00. The van der Waals surface area contributed by atoms with E-state index < -0.39 is 10.0 Å². The van der Waals surface area contributed by atoms with Crippen LogP contribution in [0.25, 0.3) is 0 Å². The Morgan fingerprint density at radius 2 is 1.76 bits per heavy atom. The molecule has 0 atom stereocenters. The molecule has 138 valence electrons. The van der Waals surface area contributed by atoms with Gasteiger partial charge in [-0.1, -0.05) is 32.1 Å². The fraction of sp³-hybridized carbons (Fsp3) is 0.444. The highest BCUT2D eigenvalue weighted by Gasteiger charge is 2.26. The number of amides is 1. The van der Waals surface area contributed by atoms with Crippen LogP contribution in [0.15, 0.2) is 41.8 Å². The summed E-state index contributed by atoms with van der Waals surface area (Å²) in [5.41, 5.74) is 0.431. The minimum absolute atomic E-state index is 0.0210. The van der Waals surface area contributed by atoms with Crippen LogP contribution in [0.2, 0.25) is 0 Å². The number of benzene rings is 1. The van der Waals surface area contributed by atoms with E-state index in [4.69, 9.17) is 0 Å². The van der Waals surface area contributed by atoms with Gasteiger partial charge in [0, 0.05) is 18.2 Å². The summed E-state index contributed by atoms with van der Waals surface area (Å²) >= 11 is 0. The summed E-state index contributed by atoms with van der Waals surface area (Å²) in [5.74, 6) is -0.490. The molecule has 0 aromatic heterocycles. The SMILES string of the molecule is C=CCN(CC(=O)NC(CC)CC)S(=O)(=O)c1ccc(C(C)=O)cc1. The fourth-order valence-corrected chi connectivity index (χ4v) is 3.70. The fourth-order valence-electron chi connectivity index (χ4n) is 2.33. The van der Waals surface area contributed by atoms with Gasteiger partial charge in [0.05, 0.1) is 11.4 Å². The molecule has 0 radical (unpaired) electrons.